The largest absolute Gasteiger partial charge is 0.508 e. The van der Waals surface area contributed by atoms with E-state index in [1.165, 1.54) is 6.07 Å². The van der Waals surface area contributed by atoms with Gasteiger partial charge in [0.25, 0.3) is 0 Å². The summed E-state index contributed by atoms with van der Waals surface area (Å²) in [5, 5.41) is 30.5. The predicted molar refractivity (Wildman–Crippen MR) is 57.9 cm³/mol. The number of rotatable bonds is 5. The lowest BCUT2D eigenvalue weighted by Crippen LogP contribution is -2.28. The maximum absolute atomic E-state index is 9.45. The normalized spacial score (nSPS) is 12.7. The van der Waals surface area contributed by atoms with Crippen LogP contribution in [0.2, 0.25) is 5.02 Å². The van der Waals surface area contributed by atoms with Crippen LogP contribution in [0, 0.1) is 0 Å². The van der Waals surface area contributed by atoms with Crippen LogP contribution in [0.25, 0.3) is 0 Å². The van der Waals surface area contributed by atoms with Crippen LogP contribution >= 0.6 is 11.6 Å². The van der Waals surface area contributed by atoms with Gasteiger partial charge in [-0.25, -0.2) is 0 Å². The van der Waals surface area contributed by atoms with Crippen molar-refractivity contribution in [3.05, 3.63) is 28.8 Å². The van der Waals surface area contributed by atoms with Crippen LogP contribution in [-0.4, -0.2) is 34.6 Å². The topological polar surface area (TPSA) is 72.7 Å². The van der Waals surface area contributed by atoms with Crippen LogP contribution in [0.5, 0.6) is 5.75 Å². The lowest BCUT2D eigenvalue weighted by molar-refractivity contribution is 0.0942. The number of nitrogens with one attached hydrogen (secondary N) is 1. The van der Waals surface area contributed by atoms with Gasteiger partial charge in [-0.2, -0.15) is 0 Å². The summed E-state index contributed by atoms with van der Waals surface area (Å²) in [6, 6.07) is 4.76. The summed E-state index contributed by atoms with van der Waals surface area (Å²) in [7, 11) is 0. The van der Waals surface area contributed by atoms with Crippen molar-refractivity contribution < 1.29 is 15.3 Å². The Labute approximate surface area is 93.1 Å². The summed E-state index contributed by atoms with van der Waals surface area (Å²) in [6.07, 6.45) is -0.786. The third-order valence-electron chi connectivity index (χ3n) is 1.95. The molecule has 1 aromatic carbocycles. The quantitative estimate of drug-likeness (QED) is 0.595. The van der Waals surface area contributed by atoms with Crippen molar-refractivity contribution in [1.82, 2.24) is 5.32 Å². The van der Waals surface area contributed by atoms with E-state index in [9.17, 15) is 5.11 Å². The fourth-order valence-corrected chi connectivity index (χ4v) is 1.33. The minimum atomic E-state index is -0.786. The Kier molecular flexibility index (Phi) is 4.84. The number of aliphatic hydroxyl groups is 2. The van der Waals surface area contributed by atoms with E-state index in [4.69, 9.17) is 21.8 Å². The highest BCUT2D eigenvalue weighted by Gasteiger charge is 2.04. The molecule has 0 spiro atoms. The van der Waals surface area contributed by atoms with Gasteiger partial charge in [-0.3, -0.25) is 0 Å². The van der Waals surface area contributed by atoms with Gasteiger partial charge in [-0.15, -0.1) is 0 Å². The van der Waals surface area contributed by atoms with E-state index in [1.807, 2.05) is 0 Å². The minimum absolute atomic E-state index is 0.158. The van der Waals surface area contributed by atoms with E-state index in [-0.39, 0.29) is 18.9 Å². The maximum atomic E-state index is 9.45. The maximum Gasteiger partial charge on any atom is 0.120 e. The molecule has 4 N–H and O–H groups in total. The molecule has 0 saturated carbocycles. The van der Waals surface area contributed by atoms with E-state index in [1.54, 1.807) is 12.1 Å². The number of aliphatic hydroxyl groups excluding tert-OH is 2. The van der Waals surface area contributed by atoms with Gasteiger partial charge in [0.05, 0.1) is 12.7 Å². The number of hydrogen-bond donors (Lipinski definition) is 4. The molecule has 15 heavy (non-hydrogen) atoms. The molecule has 1 unspecified atom stereocenters. The summed E-state index contributed by atoms with van der Waals surface area (Å²) < 4.78 is 0. The van der Waals surface area contributed by atoms with E-state index in [0.29, 0.717) is 17.1 Å². The first kappa shape index (κ1) is 12.3. The average molecular weight is 232 g/mol. The molecule has 0 fully saturated rings. The fraction of sp³-hybridized carbons (Fsp3) is 0.400. The van der Waals surface area contributed by atoms with E-state index in [0.717, 1.165) is 0 Å². The van der Waals surface area contributed by atoms with E-state index < -0.39 is 6.10 Å². The van der Waals surface area contributed by atoms with Gasteiger partial charge in [-0.1, -0.05) is 11.6 Å². The molecule has 0 radical (unpaired) electrons. The zero-order valence-electron chi connectivity index (χ0n) is 8.15. The molecule has 1 aromatic rings. The number of halogens is 1. The van der Waals surface area contributed by atoms with Crippen LogP contribution in [0.4, 0.5) is 0 Å². The number of benzene rings is 1. The highest BCUT2D eigenvalue weighted by Crippen LogP contribution is 2.20. The number of phenols is 1. The van der Waals surface area contributed by atoms with E-state index >= 15 is 0 Å². The lowest BCUT2D eigenvalue weighted by atomic mass is 10.2. The summed E-state index contributed by atoms with van der Waals surface area (Å²) in [5.41, 5.74) is 0.660. The molecule has 0 aliphatic carbocycles. The Morgan fingerprint density at radius 2 is 2.13 bits per heavy atom. The van der Waals surface area contributed by atoms with Gasteiger partial charge in [-0.05, 0) is 18.2 Å². The molecule has 84 valence electrons. The first-order valence-corrected chi connectivity index (χ1v) is 4.98. The highest BCUT2D eigenvalue weighted by molar-refractivity contribution is 6.30. The molecule has 0 bridgehead atoms. The lowest BCUT2D eigenvalue weighted by Gasteiger charge is -2.10. The molecule has 0 heterocycles. The van der Waals surface area contributed by atoms with Gasteiger partial charge in [0.2, 0.25) is 0 Å². The Hall–Kier alpha value is -0.810. The molecule has 1 atom stereocenters. The van der Waals surface area contributed by atoms with Crippen molar-refractivity contribution in [3.63, 3.8) is 0 Å². The zero-order valence-corrected chi connectivity index (χ0v) is 8.91. The van der Waals surface area contributed by atoms with Crippen molar-refractivity contribution in [1.29, 1.82) is 0 Å². The summed E-state index contributed by atoms with van der Waals surface area (Å²) in [5.74, 6) is 0.158. The number of aromatic hydroxyl groups is 1. The van der Waals surface area contributed by atoms with Crippen LogP contribution in [-0.2, 0) is 6.54 Å². The molecule has 0 aliphatic heterocycles. The van der Waals surface area contributed by atoms with Gasteiger partial charge in [0, 0.05) is 23.7 Å². The molecule has 1 rings (SSSR count). The van der Waals surface area contributed by atoms with Crippen molar-refractivity contribution in [2.45, 2.75) is 12.6 Å². The van der Waals surface area contributed by atoms with Crippen LogP contribution in [0.15, 0.2) is 18.2 Å². The Bertz CT molecular complexity index is 320. The number of phenolic OH excluding ortho intramolecular Hbond substituents is 1. The molecular weight excluding hydrogens is 218 g/mol. The molecule has 0 aliphatic rings. The minimum Gasteiger partial charge on any atom is -0.508 e. The highest BCUT2D eigenvalue weighted by atomic mass is 35.5. The van der Waals surface area contributed by atoms with Crippen molar-refractivity contribution in [2.24, 2.45) is 0 Å². The Balaban J connectivity index is 2.46. The first-order chi connectivity index (χ1) is 7.13. The Morgan fingerprint density at radius 3 is 2.80 bits per heavy atom. The van der Waals surface area contributed by atoms with Gasteiger partial charge < -0.3 is 20.6 Å². The molecule has 5 heteroatoms. The van der Waals surface area contributed by atoms with Gasteiger partial charge in [0.15, 0.2) is 0 Å². The summed E-state index contributed by atoms with van der Waals surface area (Å²) >= 11 is 5.76. The summed E-state index contributed by atoms with van der Waals surface area (Å²) in [6.45, 7) is 0.375. The zero-order chi connectivity index (χ0) is 11.3. The van der Waals surface area contributed by atoms with Gasteiger partial charge in [0.1, 0.15) is 5.75 Å². The third kappa shape index (κ3) is 4.05. The molecule has 0 aromatic heterocycles. The molecule has 0 saturated heterocycles. The number of hydrogen-bond acceptors (Lipinski definition) is 4. The third-order valence-corrected chi connectivity index (χ3v) is 2.18. The predicted octanol–water partition coefficient (Wildman–Crippen LogP) is 0.488. The Morgan fingerprint density at radius 1 is 1.40 bits per heavy atom. The molecule has 4 nitrogen and oxygen atoms in total. The first-order valence-electron chi connectivity index (χ1n) is 4.60. The van der Waals surface area contributed by atoms with Crippen LogP contribution in [0.3, 0.4) is 0 Å². The second-order valence-electron chi connectivity index (χ2n) is 3.24. The van der Waals surface area contributed by atoms with Crippen molar-refractivity contribution in [3.8, 4) is 5.75 Å². The van der Waals surface area contributed by atoms with Crippen molar-refractivity contribution >= 4 is 11.6 Å². The summed E-state index contributed by atoms with van der Waals surface area (Å²) in [4.78, 5) is 0. The molecule has 0 amide bonds. The smallest absolute Gasteiger partial charge is 0.120 e. The SMILES string of the molecule is OCC(O)CNCc1cc(Cl)ccc1O. The average Bonchev–Trinajstić information content (AvgIpc) is 2.23. The van der Waals surface area contributed by atoms with Gasteiger partial charge >= 0.3 is 0 Å². The standard InChI is InChI=1S/C10H14ClNO3/c11-8-1-2-10(15)7(3-8)4-12-5-9(14)6-13/h1-3,9,12-15H,4-6H2. The van der Waals surface area contributed by atoms with Crippen LogP contribution in [0.1, 0.15) is 5.56 Å². The van der Waals surface area contributed by atoms with Crippen LogP contribution < -0.4 is 5.32 Å². The fourth-order valence-electron chi connectivity index (χ4n) is 1.13. The monoisotopic (exact) mass is 231 g/mol. The van der Waals surface area contributed by atoms with Crippen molar-refractivity contribution in [2.75, 3.05) is 13.2 Å². The second kappa shape index (κ2) is 5.92. The molecular formula is C10H14ClNO3. The second-order valence-corrected chi connectivity index (χ2v) is 3.68. The van der Waals surface area contributed by atoms with E-state index in [2.05, 4.69) is 5.32 Å².